The van der Waals surface area contributed by atoms with E-state index in [1.54, 1.807) is 6.20 Å². The maximum atomic E-state index is 5.86. The average molecular weight is 192 g/mol. The van der Waals surface area contributed by atoms with Crippen molar-refractivity contribution < 1.29 is 4.74 Å². The zero-order chi connectivity index (χ0) is 10.0. The van der Waals surface area contributed by atoms with E-state index in [-0.39, 0.29) is 5.60 Å². The standard InChI is InChI=1S/C11H16N2O/c1-9-7-14-11(2,8-13-9)10-4-3-5-12-6-10/h3-6,9,13H,7-8H2,1-2H3. The lowest BCUT2D eigenvalue weighted by Gasteiger charge is -2.37. The summed E-state index contributed by atoms with van der Waals surface area (Å²) in [6.07, 6.45) is 3.66. The molecule has 1 saturated heterocycles. The molecule has 0 spiro atoms. The van der Waals surface area contributed by atoms with Gasteiger partial charge in [0.25, 0.3) is 0 Å². The summed E-state index contributed by atoms with van der Waals surface area (Å²) in [6.45, 7) is 5.83. The Morgan fingerprint density at radius 2 is 2.50 bits per heavy atom. The van der Waals surface area contributed by atoms with Crippen LogP contribution in [-0.2, 0) is 10.3 Å². The first-order valence-electron chi connectivity index (χ1n) is 4.98. The second kappa shape index (κ2) is 3.67. The summed E-state index contributed by atoms with van der Waals surface area (Å²) < 4.78 is 5.86. The van der Waals surface area contributed by atoms with Gasteiger partial charge >= 0.3 is 0 Å². The molecule has 0 aliphatic carbocycles. The van der Waals surface area contributed by atoms with Crippen molar-refractivity contribution in [1.82, 2.24) is 10.3 Å². The quantitative estimate of drug-likeness (QED) is 0.728. The van der Waals surface area contributed by atoms with Crippen LogP contribution in [0.5, 0.6) is 0 Å². The fraction of sp³-hybridized carbons (Fsp3) is 0.545. The van der Waals surface area contributed by atoms with Gasteiger partial charge in [0.1, 0.15) is 5.60 Å². The normalized spacial score (nSPS) is 32.9. The molecule has 2 heterocycles. The van der Waals surface area contributed by atoms with E-state index in [9.17, 15) is 0 Å². The van der Waals surface area contributed by atoms with Crippen LogP contribution in [-0.4, -0.2) is 24.2 Å². The first kappa shape index (κ1) is 9.62. The van der Waals surface area contributed by atoms with Crippen molar-refractivity contribution >= 4 is 0 Å². The molecule has 2 rings (SSSR count). The number of rotatable bonds is 1. The van der Waals surface area contributed by atoms with E-state index in [0.29, 0.717) is 6.04 Å². The molecule has 0 amide bonds. The maximum absolute atomic E-state index is 5.86. The molecule has 3 nitrogen and oxygen atoms in total. The minimum Gasteiger partial charge on any atom is -0.368 e. The summed E-state index contributed by atoms with van der Waals surface area (Å²) in [5, 5.41) is 3.42. The minimum atomic E-state index is -0.221. The molecule has 14 heavy (non-hydrogen) atoms. The van der Waals surface area contributed by atoms with Gasteiger partial charge in [-0.2, -0.15) is 0 Å². The Hall–Kier alpha value is -0.930. The van der Waals surface area contributed by atoms with Crippen LogP contribution in [0.25, 0.3) is 0 Å². The highest BCUT2D eigenvalue weighted by atomic mass is 16.5. The Morgan fingerprint density at radius 1 is 1.64 bits per heavy atom. The Bertz CT molecular complexity index is 291. The monoisotopic (exact) mass is 192 g/mol. The first-order valence-corrected chi connectivity index (χ1v) is 4.98. The highest BCUT2D eigenvalue weighted by molar-refractivity contribution is 5.18. The van der Waals surface area contributed by atoms with Crippen LogP contribution in [0.4, 0.5) is 0 Å². The molecule has 2 atom stereocenters. The van der Waals surface area contributed by atoms with Gasteiger partial charge in [0.2, 0.25) is 0 Å². The molecule has 0 bridgehead atoms. The van der Waals surface area contributed by atoms with E-state index in [2.05, 4.69) is 30.2 Å². The van der Waals surface area contributed by atoms with Crippen LogP contribution in [0.3, 0.4) is 0 Å². The van der Waals surface area contributed by atoms with Gasteiger partial charge in [0.05, 0.1) is 6.61 Å². The van der Waals surface area contributed by atoms with Crippen molar-refractivity contribution in [3.8, 4) is 0 Å². The van der Waals surface area contributed by atoms with Crippen molar-refractivity contribution in [2.45, 2.75) is 25.5 Å². The van der Waals surface area contributed by atoms with E-state index in [0.717, 1.165) is 18.7 Å². The molecular weight excluding hydrogens is 176 g/mol. The Labute approximate surface area is 84.5 Å². The zero-order valence-electron chi connectivity index (χ0n) is 8.66. The number of nitrogens with one attached hydrogen (secondary N) is 1. The number of pyridine rings is 1. The largest absolute Gasteiger partial charge is 0.368 e. The van der Waals surface area contributed by atoms with Crippen LogP contribution in [0.2, 0.25) is 0 Å². The number of ether oxygens (including phenoxy) is 1. The highest BCUT2D eigenvalue weighted by Crippen LogP contribution is 2.26. The molecule has 1 aromatic rings. The smallest absolute Gasteiger partial charge is 0.104 e. The van der Waals surface area contributed by atoms with Gasteiger partial charge in [-0.1, -0.05) is 6.07 Å². The lowest BCUT2D eigenvalue weighted by Crippen LogP contribution is -2.50. The molecule has 1 aromatic heterocycles. The van der Waals surface area contributed by atoms with Gasteiger partial charge in [0.15, 0.2) is 0 Å². The first-order chi connectivity index (χ1) is 6.71. The summed E-state index contributed by atoms with van der Waals surface area (Å²) in [7, 11) is 0. The number of morpholine rings is 1. The lowest BCUT2D eigenvalue weighted by atomic mass is 9.95. The van der Waals surface area contributed by atoms with Gasteiger partial charge in [-0.15, -0.1) is 0 Å². The third-order valence-electron chi connectivity index (χ3n) is 2.71. The number of aromatic nitrogens is 1. The molecule has 1 fully saturated rings. The van der Waals surface area contributed by atoms with E-state index < -0.39 is 0 Å². The molecule has 2 unspecified atom stereocenters. The van der Waals surface area contributed by atoms with Crippen LogP contribution < -0.4 is 5.32 Å². The number of hydrogen-bond acceptors (Lipinski definition) is 3. The van der Waals surface area contributed by atoms with Gasteiger partial charge in [0, 0.05) is 30.5 Å². The van der Waals surface area contributed by atoms with Gasteiger partial charge in [-0.05, 0) is 19.9 Å². The Balaban J connectivity index is 2.17. The van der Waals surface area contributed by atoms with Crippen molar-refractivity contribution in [2.75, 3.05) is 13.2 Å². The second-order valence-corrected chi connectivity index (χ2v) is 4.07. The second-order valence-electron chi connectivity index (χ2n) is 4.07. The predicted octanol–water partition coefficient (Wildman–Crippen LogP) is 1.31. The molecule has 76 valence electrons. The van der Waals surface area contributed by atoms with Crippen LogP contribution >= 0.6 is 0 Å². The minimum absolute atomic E-state index is 0.221. The van der Waals surface area contributed by atoms with Crippen LogP contribution in [0.15, 0.2) is 24.5 Å². The fourth-order valence-electron chi connectivity index (χ4n) is 1.65. The Morgan fingerprint density at radius 3 is 3.07 bits per heavy atom. The maximum Gasteiger partial charge on any atom is 0.104 e. The molecule has 1 aliphatic heterocycles. The third kappa shape index (κ3) is 1.79. The Kier molecular flexibility index (Phi) is 2.52. The summed E-state index contributed by atoms with van der Waals surface area (Å²) in [6, 6.07) is 4.45. The van der Waals surface area contributed by atoms with E-state index >= 15 is 0 Å². The average Bonchev–Trinajstić information content (AvgIpc) is 2.24. The molecule has 1 aliphatic rings. The highest BCUT2D eigenvalue weighted by Gasteiger charge is 2.32. The summed E-state index contributed by atoms with van der Waals surface area (Å²) in [4.78, 5) is 4.12. The predicted molar refractivity (Wildman–Crippen MR) is 55.0 cm³/mol. The fourth-order valence-corrected chi connectivity index (χ4v) is 1.65. The van der Waals surface area contributed by atoms with E-state index in [1.807, 2.05) is 12.3 Å². The van der Waals surface area contributed by atoms with Crippen LogP contribution in [0.1, 0.15) is 19.4 Å². The molecule has 3 heteroatoms. The number of hydrogen-bond donors (Lipinski definition) is 1. The summed E-state index contributed by atoms with van der Waals surface area (Å²) in [5.41, 5.74) is 0.917. The molecule has 0 radical (unpaired) electrons. The number of nitrogens with zero attached hydrogens (tertiary/aromatic N) is 1. The lowest BCUT2D eigenvalue weighted by molar-refractivity contribution is -0.0730. The van der Waals surface area contributed by atoms with Crippen LogP contribution in [0, 0.1) is 0 Å². The van der Waals surface area contributed by atoms with Crippen molar-refractivity contribution in [2.24, 2.45) is 0 Å². The van der Waals surface area contributed by atoms with Gasteiger partial charge in [-0.3, -0.25) is 4.98 Å². The molecular formula is C11H16N2O. The van der Waals surface area contributed by atoms with Crippen molar-refractivity contribution in [3.63, 3.8) is 0 Å². The third-order valence-corrected chi connectivity index (χ3v) is 2.71. The zero-order valence-corrected chi connectivity index (χ0v) is 8.66. The topological polar surface area (TPSA) is 34.1 Å². The van der Waals surface area contributed by atoms with Crippen molar-refractivity contribution in [3.05, 3.63) is 30.1 Å². The molecule has 1 N–H and O–H groups in total. The molecule has 0 saturated carbocycles. The van der Waals surface area contributed by atoms with E-state index in [4.69, 9.17) is 4.74 Å². The molecule has 0 aromatic carbocycles. The van der Waals surface area contributed by atoms with E-state index in [1.165, 1.54) is 0 Å². The van der Waals surface area contributed by atoms with Gasteiger partial charge < -0.3 is 10.1 Å². The SMILES string of the molecule is CC1COC(C)(c2cccnc2)CN1. The summed E-state index contributed by atoms with van der Waals surface area (Å²) >= 11 is 0. The summed E-state index contributed by atoms with van der Waals surface area (Å²) in [5.74, 6) is 0. The van der Waals surface area contributed by atoms with Crippen molar-refractivity contribution in [1.29, 1.82) is 0 Å². The van der Waals surface area contributed by atoms with Gasteiger partial charge in [-0.25, -0.2) is 0 Å².